The van der Waals surface area contributed by atoms with Gasteiger partial charge in [-0.05, 0) is 55.0 Å². The average molecular weight is 507 g/mol. The SMILES string of the molecule is CCCC#Cc1nc2c3ccccc3n(S(=O)(=O)c3ccc(C)cc3)c2c(-c2ccccc2)c1CCC. The van der Waals surface area contributed by atoms with Gasteiger partial charge >= 0.3 is 0 Å². The number of benzene rings is 3. The average Bonchev–Trinajstić information content (AvgIpc) is 3.24. The summed E-state index contributed by atoms with van der Waals surface area (Å²) in [5.74, 6) is 6.60. The molecule has 37 heavy (non-hydrogen) atoms. The van der Waals surface area contributed by atoms with Crippen LogP contribution >= 0.6 is 0 Å². The summed E-state index contributed by atoms with van der Waals surface area (Å²) >= 11 is 0. The molecular formula is C32H30N2O2S. The van der Waals surface area contributed by atoms with Crippen LogP contribution in [0.25, 0.3) is 33.1 Å². The zero-order valence-electron chi connectivity index (χ0n) is 21.5. The van der Waals surface area contributed by atoms with E-state index in [0.29, 0.717) is 16.6 Å². The van der Waals surface area contributed by atoms with E-state index in [4.69, 9.17) is 4.98 Å². The van der Waals surface area contributed by atoms with Crippen LogP contribution in [0.2, 0.25) is 0 Å². The van der Waals surface area contributed by atoms with Crippen molar-refractivity contribution in [1.82, 2.24) is 8.96 Å². The highest BCUT2D eigenvalue weighted by Crippen LogP contribution is 2.40. The molecule has 0 saturated heterocycles. The van der Waals surface area contributed by atoms with Gasteiger partial charge in [0.05, 0.1) is 21.4 Å². The lowest BCUT2D eigenvalue weighted by molar-refractivity contribution is 0.590. The molecule has 2 heterocycles. The third kappa shape index (κ3) is 4.43. The zero-order chi connectivity index (χ0) is 26.0. The molecule has 0 fully saturated rings. The van der Waals surface area contributed by atoms with Crippen LogP contribution in [0.5, 0.6) is 0 Å². The van der Waals surface area contributed by atoms with Crippen molar-refractivity contribution in [2.45, 2.75) is 51.3 Å². The largest absolute Gasteiger partial charge is 0.268 e. The van der Waals surface area contributed by atoms with Gasteiger partial charge in [-0.15, -0.1) is 0 Å². The number of hydrogen-bond donors (Lipinski definition) is 0. The number of pyridine rings is 1. The van der Waals surface area contributed by atoms with Gasteiger partial charge in [-0.25, -0.2) is 17.4 Å². The second-order valence-corrected chi connectivity index (χ2v) is 11.1. The molecule has 0 aliphatic heterocycles. The quantitative estimate of drug-likeness (QED) is 0.224. The maximum Gasteiger partial charge on any atom is 0.268 e. The smallest absolute Gasteiger partial charge is 0.237 e. The second kappa shape index (κ2) is 10.2. The molecule has 0 aliphatic carbocycles. The molecule has 5 heteroatoms. The van der Waals surface area contributed by atoms with Gasteiger partial charge < -0.3 is 0 Å². The van der Waals surface area contributed by atoms with Crippen LogP contribution in [0.3, 0.4) is 0 Å². The first-order chi connectivity index (χ1) is 18.0. The molecule has 5 aromatic rings. The van der Waals surface area contributed by atoms with Crippen molar-refractivity contribution in [3.8, 4) is 23.0 Å². The predicted octanol–water partition coefficient (Wildman–Crippen LogP) is 7.51. The van der Waals surface area contributed by atoms with Crippen LogP contribution in [0.15, 0.2) is 83.8 Å². The molecule has 0 amide bonds. The van der Waals surface area contributed by atoms with Crippen LogP contribution < -0.4 is 0 Å². The fourth-order valence-electron chi connectivity index (χ4n) is 4.82. The van der Waals surface area contributed by atoms with Gasteiger partial charge in [0.1, 0.15) is 5.69 Å². The molecule has 0 aliphatic rings. The maximum absolute atomic E-state index is 14.3. The third-order valence-corrected chi connectivity index (χ3v) is 8.28. The highest BCUT2D eigenvalue weighted by atomic mass is 32.2. The predicted molar refractivity (Wildman–Crippen MR) is 152 cm³/mol. The Morgan fingerprint density at radius 2 is 1.57 bits per heavy atom. The standard InChI is InChI=1S/C32H30N2O2S/c1-4-6-8-17-28-26(13-5-2)30(24-14-9-7-10-15-24)32-31(33-28)27-16-11-12-18-29(27)34(32)37(35,36)25-21-19-23(3)20-22-25/h7,9-12,14-16,18-22H,4-6,13H2,1-3H3. The lowest BCUT2D eigenvalue weighted by Crippen LogP contribution is -2.14. The molecule has 0 radical (unpaired) electrons. The van der Waals surface area contributed by atoms with Crippen LogP contribution in [0.4, 0.5) is 0 Å². The van der Waals surface area contributed by atoms with E-state index in [1.54, 1.807) is 12.1 Å². The third-order valence-electron chi connectivity index (χ3n) is 6.56. The highest BCUT2D eigenvalue weighted by Gasteiger charge is 2.28. The molecule has 0 N–H and O–H groups in total. The molecule has 0 spiro atoms. The number of aromatic nitrogens is 2. The van der Waals surface area contributed by atoms with Gasteiger partial charge in [-0.3, -0.25) is 0 Å². The lowest BCUT2D eigenvalue weighted by Gasteiger charge is -2.17. The first-order valence-electron chi connectivity index (χ1n) is 12.8. The van der Waals surface area contributed by atoms with Crippen molar-refractivity contribution < 1.29 is 8.42 Å². The number of unbranched alkanes of at least 4 members (excludes halogenated alkanes) is 1. The van der Waals surface area contributed by atoms with Crippen LogP contribution in [-0.4, -0.2) is 17.4 Å². The number of hydrogen-bond acceptors (Lipinski definition) is 3. The van der Waals surface area contributed by atoms with Crippen molar-refractivity contribution in [1.29, 1.82) is 0 Å². The fraction of sp³-hybridized carbons (Fsp3) is 0.219. The number of para-hydroxylation sites is 1. The summed E-state index contributed by atoms with van der Waals surface area (Å²) in [6.45, 7) is 6.18. The minimum atomic E-state index is -3.92. The van der Waals surface area contributed by atoms with E-state index in [1.165, 1.54) is 3.97 Å². The highest BCUT2D eigenvalue weighted by molar-refractivity contribution is 7.90. The summed E-state index contributed by atoms with van der Waals surface area (Å²) in [6, 6.07) is 24.7. The van der Waals surface area contributed by atoms with Crippen molar-refractivity contribution in [2.24, 2.45) is 0 Å². The Labute approximate surface area is 219 Å². The minimum Gasteiger partial charge on any atom is -0.237 e. The summed E-state index contributed by atoms with van der Waals surface area (Å²) in [4.78, 5) is 5.32. The van der Waals surface area contributed by atoms with Gasteiger partial charge in [0.15, 0.2) is 0 Å². The number of fused-ring (bicyclic) bond motifs is 3. The van der Waals surface area contributed by atoms with E-state index >= 15 is 0 Å². The first kappa shape index (κ1) is 24.8. The van der Waals surface area contributed by atoms with Crippen LogP contribution in [-0.2, 0) is 16.4 Å². The van der Waals surface area contributed by atoms with Crippen molar-refractivity contribution in [3.63, 3.8) is 0 Å². The second-order valence-electron chi connectivity index (χ2n) is 9.28. The van der Waals surface area contributed by atoms with E-state index in [9.17, 15) is 8.42 Å². The molecule has 0 saturated carbocycles. The minimum absolute atomic E-state index is 0.253. The Morgan fingerprint density at radius 3 is 2.27 bits per heavy atom. The van der Waals surface area contributed by atoms with Crippen LogP contribution in [0.1, 0.15) is 49.9 Å². The van der Waals surface area contributed by atoms with E-state index in [2.05, 4.69) is 25.7 Å². The first-order valence-corrected chi connectivity index (χ1v) is 14.2. The number of aryl methyl sites for hydroxylation is 1. The van der Waals surface area contributed by atoms with E-state index in [0.717, 1.165) is 59.0 Å². The molecule has 2 aromatic heterocycles. The number of nitrogens with zero attached hydrogens (tertiary/aromatic N) is 2. The molecule has 5 rings (SSSR count). The van der Waals surface area contributed by atoms with Gasteiger partial charge in [0.25, 0.3) is 10.0 Å². The Morgan fingerprint density at radius 1 is 0.865 bits per heavy atom. The van der Waals surface area contributed by atoms with Gasteiger partial charge in [0, 0.05) is 17.4 Å². The summed E-state index contributed by atoms with van der Waals surface area (Å²) in [7, 11) is -3.92. The van der Waals surface area contributed by atoms with Gasteiger partial charge in [-0.2, -0.15) is 0 Å². The Bertz CT molecular complexity index is 1760. The summed E-state index contributed by atoms with van der Waals surface area (Å²) < 4.78 is 30.1. The van der Waals surface area contributed by atoms with Crippen molar-refractivity contribution >= 4 is 32.0 Å². The molecule has 4 nitrogen and oxygen atoms in total. The summed E-state index contributed by atoms with van der Waals surface area (Å²) in [5, 5.41) is 0.798. The Balaban J connectivity index is 2.00. The van der Waals surface area contributed by atoms with E-state index < -0.39 is 10.0 Å². The monoisotopic (exact) mass is 506 g/mol. The van der Waals surface area contributed by atoms with Crippen molar-refractivity contribution in [3.05, 3.63) is 95.7 Å². The summed E-state index contributed by atoms with van der Waals surface area (Å²) in [5.41, 5.74) is 6.46. The topological polar surface area (TPSA) is 52.0 Å². The Hall–Kier alpha value is -3.88. The van der Waals surface area contributed by atoms with E-state index in [-0.39, 0.29) is 4.90 Å². The normalized spacial score (nSPS) is 11.5. The molecule has 0 unspecified atom stereocenters. The number of rotatable bonds is 6. The molecular weight excluding hydrogens is 476 g/mol. The van der Waals surface area contributed by atoms with Gasteiger partial charge in [-0.1, -0.05) is 92.4 Å². The van der Waals surface area contributed by atoms with Crippen molar-refractivity contribution in [2.75, 3.05) is 0 Å². The lowest BCUT2D eigenvalue weighted by atomic mass is 9.94. The van der Waals surface area contributed by atoms with Gasteiger partial charge in [0.2, 0.25) is 0 Å². The van der Waals surface area contributed by atoms with E-state index in [1.807, 2.05) is 73.7 Å². The Kier molecular flexibility index (Phi) is 6.86. The molecule has 3 aromatic carbocycles. The zero-order valence-corrected chi connectivity index (χ0v) is 22.3. The fourth-order valence-corrected chi connectivity index (χ4v) is 6.35. The summed E-state index contributed by atoms with van der Waals surface area (Å²) in [6.07, 6.45) is 3.39. The van der Waals surface area contributed by atoms with Crippen LogP contribution in [0, 0.1) is 18.8 Å². The molecule has 186 valence electrons. The molecule has 0 atom stereocenters. The maximum atomic E-state index is 14.3. The molecule has 0 bridgehead atoms.